The second-order valence-corrected chi connectivity index (χ2v) is 4.96. The Hall–Kier alpha value is -1.75. The van der Waals surface area contributed by atoms with E-state index in [0.717, 1.165) is 36.6 Å². The molecule has 5 heteroatoms. The quantitative estimate of drug-likeness (QED) is 0.869. The van der Waals surface area contributed by atoms with Gasteiger partial charge in [0.2, 0.25) is 5.91 Å². The summed E-state index contributed by atoms with van der Waals surface area (Å²) < 4.78 is 11.4. The molecule has 2 rings (SSSR count). The number of likely N-dealkylation sites (N-methyl/N-ethyl adjacent to an activating group) is 1. The standard InChI is InChI=1S/C16H24N2O3/c1-3-18(4-2)15(19)12-17-11-13-7-5-8-14-16(13)21-10-6-9-20-14/h5,7-8,17H,3-4,6,9-12H2,1-2H3. The minimum atomic E-state index is 0.124. The third-order valence-corrected chi connectivity index (χ3v) is 3.56. The number of benzene rings is 1. The Morgan fingerprint density at radius 2 is 2.00 bits per heavy atom. The number of rotatable bonds is 6. The maximum atomic E-state index is 11.9. The Bertz CT molecular complexity index is 473. The zero-order valence-corrected chi connectivity index (χ0v) is 12.9. The summed E-state index contributed by atoms with van der Waals surface area (Å²) >= 11 is 0. The first-order chi connectivity index (χ1) is 10.3. The van der Waals surface area contributed by atoms with Crippen molar-refractivity contribution in [3.63, 3.8) is 0 Å². The van der Waals surface area contributed by atoms with Crippen LogP contribution in [0.4, 0.5) is 0 Å². The number of carbonyl (C=O) groups excluding carboxylic acids is 1. The van der Waals surface area contributed by atoms with Crippen molar-refractivity contribution in [2.45, 2.75) is 26.8 Å². The molecule has 1 aromatic rings. The third-order valence-electron chi connectivity index (χ3n) is 3.56. The number of amides is 1. The lowest BCUT2D eigenvalue weighted by molar-refractivity contribution is -0.129. The van der Waals surface area contributed by atoms with Gasteiger partial charge in [0, 0.05) is 31.6 Å². The molecule has 21 heavy (non-hydrogen) atoms. The molecule has 1 N–H and O–H groups in total. The normalized spacial score (nSPS) is 13.6. The minimum absolute atomic E-state index is 0.124. The van der Waals surface area contributed by atoms with Crippen LogP contribution in [-0.4, -0.2) is 43.7 Å². The average molecular weight is 292 g/mol. The molecule has 0 spiro atoms. The average Bonchev–Trinajstić information content (AvgIpc) is 2.74. The van der Waals surface area contributed by atoms with E-state index in [2.05, 4.69) is 5.32 Å². The van der Waals surface area contributed by atoms with E-state index in [-0.39, 0.29) is 5.91 Å². The van der Waals surface area contributed by atoms with Crippen LogP contribution in [0.15, 0.2) is 18.2 Å². The van der Waals surface area contributed by atoms with Gasteiger partial charge < -0.3 is 19.7 Å². The highest BCUT2D eigenvalue weighted by molar-refractivity contribution is 5.78. The predicted octanol–water partition coefficient (Wildman–Crippen LogP) is 1.81. The molecule has 0 aromatic heterocycles. The molecule has 0 atom stereocenters. The van der Waals surface area contributed by atoms with Gasteiger partial charge in [-0.05, 0) is 19.9 Å². The van der Waals surface area contributed by atoms with Crippen molar-refractivity contribution in [2.75, 3.05) is 32.8 Å². The fraction of sp³-hybridized carbons (Fsp3) is 0.562. The number of nitrogens with zero attached hydrogens (tertiary/aromatic N) is 1. The van der Waals surface area contributed by atoms with Gasteiger partial charge in [0.05, 0.1) is 19.8 Å². The first-order valence-corrected chi connectivity index (χ1v) is 7.62. The molecule has 1 heterocycles. The number of hydrogen-bond donors (Lipinski definition) is 1. The zero-order valence-electron chi connectivity index (χ0n) is 12.9. The van der Waals surface area contributed by atoms with Gasteiger partial charge in [0.1, 0.15) is 0 Å². The summed E-state index contributed by atoms with van der Waals surface area (Å²) in [5, 5.41) is 3.19. The molecule has 1 aliphatic heterocycles. The summed E-state index contributed by atoms with van der Waals surface area (Å²) in [4.78, 5) is 13.8. The van der Waals surface area contributed by atoms with Gasteiger partial charge in [-0.25, -0.2) is 0 Å². The molecule has 0 saturated heterocycles. The maximum Gasteiger partial charge on any atom is 0.236 e. The lowest BCUT2D eigenvalue weighted by Crippen LogP contribution is -2.37. The Morgan fingerprint density at radius 1 is 1.24 bits per heavy atom. The summed E-state index contributed by atoms with van der Waals surface area (Å²) in [5.74, 6) is 1.72. The van der Waals surface area contributed by atoms with Crippen LogP contribution in [0.5, 0.6) is 11.5 Å². The van der Waals surface area contributed by atoms with Gasteiger partial charge in [0.25, 0.3) is 0 Å². The molecule has 0 fully saturated rings. The van der Waals surface area contributed by atoms with Crippen molar-refractivity contribution in [2.24, 2.45) is 0 Å². The lowest BCUT2D eigenvalue weighted by Gasteiger charge is -2.19. The number of para-hydroxylation sites is 1. The largest absolute Gasteiger partial charge is 0.490 e. The van der Waals surface area contributed by atoms with Crippen LogP contribution in [0.3, 0.4) is 0 Å². The van der Waals surface area contributed by atoms with Gasteiger partial charge >= 0.3 is 0 Å². The van der Waals surface area contributed by atoms with E-state index in [1.807, 2.05) is 36.9 Å². The smallest absolute Gasteiger partial charge is 0.236 e. The van der Waals surface area contributed by atoms with Gasteiger partial charge in [0.15, 0.2) is 11.5 Å². The fourth-order valence-electron chi connectivity index (χ4n) is 2.39. The highest BCUT2D eigenvalue weighted by Crippen LogP contribution is 2.32. The van der Waals surface area contributed by atoms with Crippen LogP contribution in [0.1, 0.15) is 25.8 Å². The number of hydrogen-bond acceptors (Lipinski definition) is 4. The molecule has 1 aromatic carbocycles. The summed E-state index contributed by atoms with van der Waals surface area (Å²) in [6, 6.07) is 5.88. The summed E-state index contributed by atoms with van der Waals surface area (Å²) in [6.07, 6.45) is 0.891. The van der Waals surface area contributed by atoms with Crippen LogP contribution in [0, 0.1) is 0 Å². The molecule has 5 nitrogen and oxygen atoms in total. The van der Waals surface area contributed by atoms with E-state index in [1.54, 1.807) is 0 Å². The first-order valence-electron chi connectivity index (χ1n) is 7.62. The summed E-state index contributed by atoms with van der Waals surface area (Å²) in [6.45, 7) is 7.76. The molecule has 0 aliphatic carbocycles. The van der Waals surface area contributed by atoms with Crippen LogP contribution in [0.2, 0.25) is 0 Å². The van der Waals surface area contributed by atoms with Crippen molar-refractivity contribution < 1.29 is 14.3 Å². The van der Waals surface area contributed by atoms with Crippen LogP contribution >= 0.6 is 0 Å². The third kappa shape index (κ3) is 4.11. The SMILES string of the molecule is CCN(CC)C(=O)CNCc1cccc2c1OCCCO2. The molecule has 1 aliphatic rings. The van der Waals surface area contributed by atoms with Crippen LogP contribution in [-0.2, 0) is 11.3 Å². The van der Waals surface area contributed by atoms with Crippen LogP contribution in [0.25, 0.3) is 0 Å². The van der Waals surface area contributed by atoms with Crippen molar-refractivity contribution in [1.82, 2.24) is 10.2 Å². The molecule has 0 bridgehead atoms. The molecular formula is C16H24N2O3. The van der Waals surface area contributed by atoms with Gasteiger partial charge in [-0.3, -0.25) is 4.79 Å². The minimum Gasteiger partial charge on any atom is -0.490 e. The Balaban J connectivity index is 1.93. The van der Waals surface area contributed by atoms with Gasteiger partial charge in [-0.2, -0.15) is 0 Å². The highest BCUT2D eigenvalue weighted by Gasteiger charge is 2.15. The van der Waals surface area contributed by atoms with E-state index < -0.39 is 0 Å². The molecule has 0 saturated carbocycles. The Kier molecular flexibility index (Phi) is 5.87. The monoisotopic (exact) mass is 292 g/mol. The van der Waals surface area contributed by atoms with Crippen molar-refractivity contribution in [3.05, 3.63) is 23.8 Å². The highest BCUT2D eigenvalue weighted by atomic mass is 16.5. The second kappa shape index (κ2) is 7.88. The maximum absolute atomic E-state index is 11.9. The summed E-state index contributed by atoms with van der Waals surface area (Å²) in [7, 11) is 0. The Labute approximate surface area is 126 Å². The van der Waals surface area contributed by atoms with Gasteiger partial charge in [-0.1, -0.05) is 12.1 Å². The van der Waals surface area contributed by atoms with E-state index in [0.29, 0.717) is 26.3 Å². The molecule has 116 valence electrons. The molecule has 1 amide bonds. The zero-order chi connectivity index (χ0) is 15.1. The summed E-state index contributed by atoms with van der Waals surface area (Å²) in [5.41, 5.74) is 1.03. The molecular weight excluding hydrogens is 268 g/mol. The molecule has 0 unspecified atom stereocenters. The molecule has 0 radical (unpaired) electrons. The number of ether oxygens (including phenoxy) is 2. The first kappa shape index (κ1) is 15.6. The van der Waals surface area contributed by atoms with Gasteiger partial charge in [-0.15, -0.1) is 0 Å². The fourth-order valence-corrected chi connectivity index (χ4v) is 2.39. The predicted molar refractivity (Wildman–Crippen MR) is 81.7 cm³/mol. The number of carbonyl (C=O) groups is 1. The van der Waals surface area contributed by atoms with E-state index in [1.165, 1.54) is 0 Å². The second-order valence-electron chi connectivity index (χ2n) is 4.96. The topological polar surface area (TPSA) is 50.8 Å². The van der Waals surface area contributed by atoms with E-state index in [4.69, 9.17) is 9.47 Å². The number of fused-ring (bicyclic) bond motifs is 1. The van der Waals surface area contributed by atoms with Crippen molar-refractivity contribution in [3.8, 4) is 11.5 Å². The lowest BCUT2D eigenvalue weighted by atomic mass is 10.2. The van der Waals surface area contributed by atoms with E-state index >= 15 is 0 Å². The van der Waals surface area contributed by atoms with Crippen molar-refractivity contribution in [1.29, 1.82) is 0 Å². The van der Waals surface area contributed by atoms with E-state index in [9.17, 15) is 4.79 Å². The van der Waals surface area contributed by atoms with Crippen molar-refractivity contribution >= 4 is 5.91 Å². The Morgan fingerprint density at radius 3 is 2.76 bits per heavy atom. The number of nitrogens with one attached hydrogen (secondary N) is 1. The van der Waals surface area contributed by atoms with Crippen LogP contribution < -0.4 is 14.8 Å².